The van der Waals surface area contributed by atoms with E-state index in [0.29, 0.717) is 0 Å². The summed E-state index contributed by atoms with van der Waals surface area (Å²) in [6.45, 7) is 4.25. The quantitative estimate of drug-likeness (QED) is 0.746. The van der Waals surface area contributed by atoms with Crippen LogP contribution < -0.4 is 10.6 Å². The number of carbonyl (C=O) groups excluding carboxylic acids is 2. The van der Waals surface area contributed by atoms with Crippen molar-refractivity contribution in [2.24, 2.45) is 5.92 Å². The van der Waals surface area contributed by atoms with Gasteiger partial charge in [-0.1, -0.05) is 28.1 Å². The Bertz CT molecular complexity index is 782. The lowest BCUT2D eigenvalue weighted by Crippen LogP contribution is -2.37. The third kappa shape index (κ3) is 5.91. The molecule has 1 heterocycles. The van der Waals surface area contributed by atoms with Gasteiger partial charge in [-0.2, -0.15) is 0 Å². The number of hydrogen-bond donors (Lipinski definition) is 2. The van der Waals surface area contributed by atoms with Crippen molar-refractivity contribution in [2.75, 3.05) is 23.7 Å². The monoisotopic (exact) mass is 429 g/mol. The number of amides is 2. The third-order valence-corrected chi connectivity index (χ3v) is 5.28. The number of benzene rings is 2. The summed E-state index contributed by atoms with van der Waals surface area (Å²) in [5.41, 5.74) is 2.77. The second-order valence-corrected chi connectivity index (χ2v) is 7.84. The number of hydrogen-bond acceptors (Lipinski definition) is 3. The van der Waals surface area contributed by atoms with Crippen LogP contribution in [0.15, 0.2) is 53.0 Å². The molecule has 2 aromatic rings. The van der Waals surface area contributed by atoms with Crippen molar-refractivity contribution in [2.45, 2.75) is 26.3 Å². The van der Waals surface area contributed by atoms with Gasteiger partial charge in [-0.05, 0) is 67.9 Å². The second kappa shape index (κ2) is 9.15. The SMILES string of the molecule is CC(=O)Nc1ccc(NC(=O)C2CCN(Cc3ccc(Br)cc3)CC2)cc1. The summed E-state index contributed by atoms with van der Waals surface area (Å²) in [5, 5.41) is 5.70. The largest absolute Gasteiger partial charge is 0.326 e. The Morgan fingerprint density at radius 3 is 2.07 bits per heavy atom. The maximum absolute atomic E-state index is 12.5. The molecule has 3 rings (SSSR count). The average molecular weight is 430 g/mol. The van der Waals surface area contributed by atoms with Crippen LogP contribution in [0.5, 0.6) is 0 Å². The van der Waals surface area contributed by atoms with Crippen LogP contribution in [0, 0.1) is 5.92 Å². The smallest absolute Gasteiger partial charge is 0.227 e. The Labute approximate surface area is 168 Å². The fourth-order valence-electron chi connectivity index (χ4n) is 3.29. The topological polar surface area (TPSA) is 61.4 Å². The van der Waals surface area contributed by atoms with Crippen LogP contribution in [-0.4, -0.2) is 29.8 Å². The summed E-state index contributed by atoms with van der Waals surface area (Å²) >= 11 is 3.46. The van der Waals surface area contributed by atoms with Crippen molar-refractivity contribution in [3.05, 3.63) is 58.6 Å². The van der Waals surface area contributed by atoms with E-state index in [2.05, 4.69) is 55.7 Å². The molecule has 0 bridgehead atoms. The van der Waals surface area contributed by atoms with Gasteiger partial charge in [0.25, 0.3) is 0 Å². The van der Waals surface area contributed by atoms with Gasteiger partial charge in [-0.15, -0.1) is 0 Å². The number of nitrogens with zero attached hydrogens (tertiary/aromatic N) is 1. The maximum Gasteiger partial charge on any atom is 0.227 e. The molecular formula is C21H24BrN3O2. The number of nitrogens with one attached hydrogen (secondary N) is 2. The molecule has 1 aliphatic heterocycles. The summed E-state index contributed by atoms with van der Waals surface area (Å²) < 4.78 is 1.09. The summed E-state index contributed by atoms with van der Waals surface area (Å²) in [6, 6.07) is 15.6. The fourth-order valence-corrected chi connectivity index (χ4v) is 3.55. The molecule has 2 aromatic carbocycles. The number of halogens is 1. The summed E-state index contributed by atoms with van der Waals surface area (Å²) in [6.07, 6.45) is 1.73. The summed E-state index contributed by atoms with van der Waals surface area (Å²) in [7, 11) is 0. The van der Waals surface area contributed by atoms with Crippen molar-refractivity contribution in [1.29, 1.82) is 0 Å². The highest BCUT2D eigenvalue weighted by Crippen LogP contribution is 2.22. The Kier molecular flexibility index (Phi) is 6.63. The molecule has 0 aromatic heterocycles. The van der Waals surface area contributed by atoms with Crippen LogP contribution in [0.1, 0.15) is 25.3 Å². The van der Waals surface area contributed by atoms with E-state index in [-0.39, 0.29) is 17.7 Å². The van der Waals surface area contributed by atoms with Crippen LogP contribution in [0.3, 0.4) is 0 Å². The lowest BCUT2D eigenvalue weighted by Gasteiger charge is -2.31. The Morgan fingerprint density at radius 2 is 1.52 bits per heavy atom. The molecule has 0 unspecified atom stereocenters. The molecule has 1 aliphatic rings. The third-order valence-electron chi connectivity index (χ3n) is 4.75. The minimum atomic E-state index is -0.110. The Balaban J connectivity index is 1.46. The molecule has 0 atom stereocenters. The van der Waals surface area contributed by atoms with Crippen LogP contribution in [0.25, 0.3) is 0 Å². The van der Waals surface area contributed by atoms with Gasteiger partial charge in [0.2, 0.25) is 11.8 Å². The molecule has 5 nitrogen and oxygen atoms in total. The normalized spacial score (nSPS) is 15.3. The van der Waals surface area contributed by atoms with E-state index in [1.165, 1.54) is 12.5 Å². The van der Waals surface area contributed by atoms with Gasteiger partial charge < -0.3 is 10.6 Å². The average Bonchev–Trinajstić information content (AvgIpc) is 2.65. The second-order valence-electron chi connectivity index (χ2n) is 6.92. The Hall–Kier alpha value is -2.18. The summed E-state index contributed by atoms with van der Waals surface area (Å²) in [4.78, 5) is 26.0. The van der Waals surface area contributed by atoms with Crippen molar-refractivity contribution in [1.82, 2.24) is 4.90 Å². The van der Waals surface area contributed by atoms with Gasteiger partial charge in [0, 0.05) is 35.2 Å². The first kappa shape index (κ1) is 19.6. The molecular weight excluding hydrogens is 406 g/mol. The molecule has 0 spiro atoms. The first-order chi connectivity index (χ1) is 13.0. The lowest BCUT2D eigenvalue weighted by molar-refractivity contribution is -0.121. The highest BCUT2D eigenvalue weighted by Gasteiger charge is 2.25. The van der Waals surface area contributed by atoms with E-state index in [9.17, 15) is 9.59 Å². The maximum atomic E-state index is 12.5. The van der Waals surface area contributed by atoms with Gasteiger partial charge in [0.05, 0.1) is 0 Å². The number of carbonyl (C=O) groups is 2. The van der Waals surface area contributed by atoms with Gasteiger partial charge in [0.15, 0.2) is 0 Å². The van der Waals surface area contributed by atoms with Crippen LogP contribution in [-0.2, 0) is 16.1 Å². The van der Waals surface area contributed by atoms with Crippen molar-refractivity contribution in [3.63, 3.8) is 0 Å². The Morgan fingerprint density at radius 1 is 0.963 bits per heavy atom. The van der Waals surface area contributed by atoms with E-state index in [4.69, 9.17) is 0 Å². The minimum Gasteiger partial charge on any atom is -0.326 e. The van der Waals surface area contributed by atoms with Crippen molar-refractivity contribution >= 4 is 39.1 Å². The molecule has 2 amide bonds. The number of piperidine rings is 1. The molecule has 0 saturated carbocycles. The van der Waals surface area contributed by atoms with E-state index < -0.39 is 0 Å². The zero-order chi connectivity index (χ0) is 19.2. The van der Waals surface area contributed by atoms with E-state index in [1.807, 2.05) is 12.1 Å². The van der Waals surface area contributed by atoms with E-state index in [1.54, 1.807) is 12.1 Å². The number of anilines is 2. The fraction of sp³-hybridized carbons (Fsp3) is 0.333. The zero-order valence-corrected chi connectivity index (χ0v) is 17.0. The van der Waals surface area contributed by atoms with Crippen LogP contribution in [0.4, 0.5) is 11.4 Å². The predicted molar refractivity (Wildman–Crippen MR) is 112 cm³/mol. The van der Waals surface area contributed by atoms with E-state index in [0.717, 1.165) is 48.3 Å². The molecule has 2 N–H and O–H groups in total. The molecule has 0 aliphatic carbocycles. The molecule has 6 heteroatoms. The highest BCUT2D eigenvalue weighted by molar-refractivity contribution is 9.10. The molecule has 142 valence electrons. The molecule has 0 radical (unpaired) electrons. The standard InChI is InChI=1S/C21H24BrN3O2/c1-15(26)23-19-6-8-20(9-7-19)24-21(27)17-10-12-25(13-11-17)14-16-2-4-18(22)5-3-16/h2-9,17H,10-14H2,1H3,(H,23,26)(H,24,27). The van der Waals surface area contributed by atoms with Crippen LogP contribution in [0.2, 0.25) is 0 Å². The molecule has 1 fully saturated rings. The first-order valence-corrected chi connectivity index (χ1v) is 9.94. The van der Waals surface area contributed by atoms with Crippen molar-refractivity contribution < 1.29 is 9.59 Å². The van der Waals surface area contributed by atoms with Gasteiger partial charge in [0.1, 0.15) is 0 Å². The summed E-state index contributed by atoms with van der Waals surface area (Å²) in [5.74, 6) is 0.00782. The highest BCUT2D eigenvalue weighted by atomic mass is 79.9. The van der Waals surface area contributed by atoms with Crippen LogP contribution >= 0.6 is 15.9 Å². The minimum absolute atomic E-state index is 0.0428. The first-order valence-electron chi connectivity index (χ1n) is 9.15. The van der Waals surface area contributed by atoms with Gasteiger partial charge in [-0.3, -0.25) is 14.5 Å². The molecule has 1 saturated heterocycles. The van der Waals surface area contributed by atoms with Gasteiger partial charge >= 0.3 is 0 Å². The van der Waals surface area contributed by atoms with Gasteiger partial charge in [-0.25, -0.2) is 0 Å². The van der Waals surface area contributed by atoms with Crippen molar-refractivity contribution in [3.8, 4) is 0 Å². The van der Waals surface area contributed by atoms with E-state index >= 15 is 0 Å². The number of rotatable bonds is 5. The number of likely N-dealkylation sites (tertiary alicyclic amines) is 1. The zero-order valence-electron chi connectivity index (χ0n) is 15.4. The lowest BCUT2D eigenvalue weighted by atomic mass is 9.95. The predicted octanol–water partition coefficient (Wildman–Crippen LogP) is 4.26. The molecule has 27 heavy (non-hydrogen) atoms.